The summed E-state index contributed by atoms with van der Waals surface area (Å²) in [6, 6.07) is 11.4. The van der Waals surface area contributed by atoms with E-state index in [9.17, 15) is 0 Å². The minimum Gasteiger partial charge on any atom is -0.314 e. The molecule has 0 aliphatic rings. The third-order valence-corrected chi connectivity index (χ3v) is 3.96. The summed E-state index contributed by atoms with van der Waals surface area (Å²) in [5.74, 6) is 0.833. The van der Waals surface area contributed by atoms with E-state index in [2.05, 4.69) is 56.4 Å². The van der Waals surface area contributed by atoms with Crippen molar-refractivity contribution in [3.8, 4) is 0 Å². The molecule has 0 radical (unpaired) electrons. The van der Waals surface area contributed by atoms with Crippen molar-refractivity contribution in [3.05, 3.63) is 35.9 Å². The van der Waals surface area contributed by atoms with E-state index in [1.54, 1.807) is 0 Å². The summed E-state index contributed by atoms with van der Waals surface area (Å²) in [6.45, 7) is 8.07. The highest BCUT2D eigenvalue weighted by atomic mass is 14.9. The molecule has 0 saturated carbocycles. The third kappa shape index (κ3) is 5.68. The maximum absolute atomic E-state index is 3.67. The number of unbranched alkanes of at least 4 members (excludes halogenated alkanes) is 1. The number of rotatable bonds is 9. The van der Waals surface area contributed by atoms with Crippen molar-refractivity contribution in [1.29, 1.82) is 0 Å². The second-order valence-electron chi connectivity index (χ2n) is 5.26. The largest absolute Gasteiger partial charge is 0.314 e. The van der Waals surface area contributed by atoms with Gasteiger partial charge >= 0.3 is 0 Å². The zero-order valence-corrected chi connectivity index (χ0v) is 12.3. The van der Waals surface area contributed by atoms with Crippen molar-refractivity contribution in [1.82, 2.24) is 5.32 Å². The van der Waals surface area contributed by atoms with E-state index in [4.69, 9.17) is 0 Å². The fourth-order valence-corrected chi connectivity index (χ4v) is 2.59. The zero-order chi connectivity index (χ0) is 13.2. The van der Waals surface area contributed by atoms with Crippen molar-refractivity contribution in [2.45, 2.75) is 58.9 Å². The molecule has 0 spiro atoms. The Balaban J connectivity index is 2.08. The van der Waals surface area contributed by atoms with Gasteiger partial charge in [-0.2, -0.15) is 0 Å². The van der Waals surface area contributed by atoms with Crippen molar-refractivity contribution >= 4 is 0 Å². The first-order chi connectivity index (χ1) is 8.77. The summed E-state index contributed by atoms with van der Waals surface area (Å²) in [5.41, 5.74) is 1.46. The predicted molar refractivity (Wildman–Crippen MR) is 80.9 cm³/mol. The molecular formula is C17H29N. The molecule has 0 fully saturated rings. The quantitative estimate of drug-likeness (QED) is 0.637. The van der Waals surface area contributed by atoms with Crippen LogP contribution in [0.2, 0.25) is 0 Å². The monoisotopic (exact) mass is 247 g/mol. The first-order valence-electron chi connectivity index (χ1n) is 7.55. The van der Waals surface area contributed by atoms with Gasteiger partial charge in [0.1, 0.15) is 0 Å². The van der Waals surface area contributed by atoms with Crippen LogP contribution in [0.4, 0.5) is 0 Å². The normalized spacial score (nSPS) is 12.9. The zero-order valence-electron chi connectivity index (χ0n) is 12.3. The standard InChI is InChI=1S/C17H29N/c1-4-17(5-2)15(3)18-14-10-9-13-16-11-7-6-8-12-16/h6-8,11-12,15,17-18H,4-5,9-10,13-14H2,1-3H3. The number of benzene rings is 1. The van der Waals surface area contributed by atoms with Gasteiger partial charge in [-0.15, -0.1) is 0 Å². The Kier molecular flexibility index (Phi) is 7.75. The number of nitrogens with one attached hydrogen (secondary N) is 1. The molecule has 1 unspecified atom stereocenters. The van der Waals surface area contributed by atoms with Crippen molar-refractivity contribution in [3.63, 3.8) is 0 Å². The minimum atomic E-state index is 0.664. The molecule has 1 aromatic rings. The van der Waals surface area contributed by atoms with Gasteiger partial charge in [0.05, 0.1) is 0 Å². The summed E-state index contributed by atoms with van der Waals surface area (Å²) >= 11 is 0. The van der Waals surface area contributed by atoms with Crippen LogP contribution in [0.5, 0.6) is 0 Å². The molecule has 1 heteroatoms. The Morgan fingerprint density at radius 2 is 1.67 bits per heavy atom. The summed E-state index contributed by atoms with van der Waals surface area (Å²) in [7, 11) is 0. The van der Waals surface area contributed by atoms with E-state index in [0.717, 1.165) is 12.5 Å². The maximum Gasteiger partial charge on any atom is 0.00667 e. The van der Waals surface area contributed by atoms with Crippen LogP contribution in [0, 0.1) is 5.92 Å². The van der Waals surface area contributed by atoms with Gasteiger partial charge in [-0.3, -0.25) is 0 Å². The summed E-state index contributed by atoms with van der Waals surface area (Å²) in [5, 5.41) is 3.67. The Morgan fingerprint density at radius 1 is 1.00 bits per heavy atom. The minimum absolute atomic E-state index is 0.664. The van der Waals surface area contributed by atoms with Crippen LogP contribution in [0.3, 0.4) is 0 Å². The van der Waals surface area contributed by atoms with E-state index in [-0.39, 0.29) is 0 Å². The molecule has 102 valence electrons. The molecule has 0 heterocycles. The SMILES string of the molecule is CCC(CC)C(C)NCCCCc1ccccc1. The van der Waals surface area contributed by atoms with Crippen molar-refractivity contribution < 1.29 is 0 Å². The lowest BCUT2D eigenvalue weighted by Crippen LogP contribution is -2.33. The van der Waals surface area contributed by atoms with Crippen LogP contribution >= 0.6 is 0 Å². The molecule has 0 saturated heterocycles. The number of hydrogen-bond donors (Lipinski definition) is 1. The van der Waals surface area contributed by atoms with E-state index < -0.39 is 0 Å². The smallest absolute Gasteiger partial charge is 0.00667 e. The third-order valence-electron chi connectivity index (χ3n) is 3.96. The van der Waals surface area contributed by atoms with Gasteiger partial charge in [-0.25, -0.2) is 0 Å². The van der Waals surface area contributed by atoms with Gasteiger partial charge in [0.25, 0.3) is 0 Å². The summed E-state index contributed by atoms with van der Waals surface area (Å²) in [6.07, 6.45) is 6.34. The molecule has 0 aliphatic carbocycles. The van der Waals surface area contributed by atoms with Crippen LogP contribution < -0.4 is 5.32 Å². The van der Waals surface area contributed by atoms with Gasteiger partial charge in [0.2, 0.25) is 0 Å². The number of aryl methyl sites for hydroxylation is 1. The van der Waals surface area contributed by atoms with E-state index >= 15 is 0 Å². The Labute approximate surface area is 113 Å². The Bertz CT molecular complexity index is 290. The highest BCUT2D eigenvalue weighted by Gasteiger charge is 2.11. The molecule has 1 rings (SSSR count). The molecule has 1 aromatic carbocycles. The summed E-state index contributed by atoms with van der Waals surface area (Å²) < 4.78 is 0. The molecular weight excluding hydrogens is 218 g/mol. The fourth-order valence-electron chi connectivity index (χ4n) is 2.59. The van der Waals surface area contributed by atoms with Gasteiger partial charge in [-0.1, -0.05) is 57.0 Å². The van der Waals surface area contributed by atoms with Crippen LogP contribution in [-0.4, -0.2) is 12.6 Å². The van der Waals surface area contributed by atoms with Gasteiger partial charge in [-0.05, 0) is 44.2 Å². The number of hydrogen-bond acceptors (Lipinski definition) is 1. The van der Waals surface area contributed by atoms with Crippen molar-refractivity contribution in [2.24, 2.45) is 5.92 Å². The first-order valence-corrected chi connectivity index (χ1v) is 7.55. The first kappa shape index (κ1) is 15.2. The average molecular weight is 247 g/mol. The molecule has 1 nitrogen and oxygen atoms in total. The van der Waals surface area contributed by atoms with Gasteiger partial charge in [0, 0.05) is 6.04 Å². The molecule has 18 heavy (non-hydrogen) atoms. The van der Waals surface area contributed by atoms with Crippen LogP contribution in [0.1, 0.15) is 52.0 Å². The molecule has 0 bridgehead atoms. The highest BCUT2D eigenvalue weighted by molar-refractivity contribution is 5.14. The van der Waals surface area contributed by atoms with Gasteiger partial charge < -0.3 is 5.32 Å². The van der Waals surface area contributed by atoms with E-state index in [0.29, 0.717) is 6.04 Å². The molecule has 0 aromatic heterocycles. The lowest BCUT2D eigenvalue weighted by Gasteiger charge is -2.22. The Morgan fingerprint density at radius 3 is 2.28 bits per heavy atom. The van der Waals surface area contributed by atoms with E-state index in [1.165, 1.54) is 37.7 Å². The topological polar surface area (TPSA) is 12.0 Å². The predicted octanol–water partition coefficient (Wildman–Crippen LogP) is 4.42. The lowest BCUT2D eigenvalue weighted by molar-refractivity contribution is 0.352. The molecule has 0 amide bonds. The van der Waals surface area contributed by atoms with E-state index in [1.807, 2.05) is 0 Å². The molecule has 1 N–H and O–H groups in total. The Hall–Kier alpha value is -0.820. The fraction of sp³-hybridized carbons (Fsp3) is 0.647. The maximum atomic E-state index is 3.67. The van der Waals surface area contributed by atoms with Crippen LogP contribution in [0.15, 0.2) is 30.3 Å². The second-order valence-corrected chi connectivity index (χ2v) is 5.26. The van der Waals surface area contributed by atoms with Crippen LogP contribution in [0.25, 0.3) is 0 Å². The summed E-state index contributed by atoms with van der Waals surface area (Å²) in [4.78, 5) is 0. The van der Waals surface area contributed by atoms with Crippen molar-refractivity contribution in [2.75, 3.05) is 6.54 Å². The molecule has 0 aliphatic heterocycles. The average Bonchev–Trinajstić information content (AvgIpc) is 2.41. The highest BCUT2D eigenvalue weighted by Crippen LogP contribution is 2.12. The lowest BCUT2D eigenvalue weighted by atomic mass is 9.95. The van der Waals surface area contributed by atoms with Crippen LogP contribution in [-0.2, 0) is 6.42 Å². The second kappa shape index (κ2) is 9.16. The van der Waals surface area contributed by atoms with Gasteiger partial charge in [0.15, 0.2) is 0 Å². The molecule has 1 atom stereocenters.